The number of aromatic amines is 1. The second kappa shape index (κ2) is 9.05. The van der Waals surface area contributed by atoms with E-state index >= 15 is 0 Å². The smallest absolute Gasteiger partial charge is 0.408 e. The van der Waals surface area contributed by atoms with Gasteiger partial charge in [-0.25, -0.2) is 14.4 Å². The van der Waals surface area contributed by atoms with E-state index in [1.54, 1.807) is 12.2 Å². The molecular formula is C20H21N3O6. The van der Waals surface area contributed by atoms with E-state index in [0.717, 1.165) is 5.56 Å². The normalized spacial score (nSPS) is 18.8. The van der Waals surface area contributed by atoms with Crippen LogP contribution in [0.25, 0.3) is 0 Å². The maximum Gasteiger partial charge on any atom is 0.408 e. The monoisotopic (exact) mass is 399 g/mol. The number of ether oxygens (including phenoxy) is 2. The minimum atomic E-state index is -0.969. The number of hydrogen-bond donors (Lipinski definition) is 2. The Labute approximate surface area is 166 Å². The Morgan fingerprint density at radius 1 is 1.21 bits per heavy atom. The quantitative estimate of drug-likeness (QED) is 0.555. The molecule has 0 bridgehead atoms. The van der Waals surface area contributed by atoms with Crippen LogP contribution in [0.15, 0.2) is 64.3 Å². The molecule has 3 atom stereocenters. The van der Waals surface area contributed by atoms with Gasteiger partial charge < -0.3 is 14.8 Å². The van der Waals surface area contributed by atoms with Gasteiger partial charge in [0.05, 0.1) is 13.2 Å². The number of methoxy groups -OCH3 is 1. The minimum absolute atomic E-state index is 0.0659. The summed E-state index contributed by atoms with van der Waals surface area (Å²) in [6.07, 6.45) is 4.50. The molecule has 9 nitrogen and oxygen atoms in total. The number of carbonyl (C=O) groups excluding carboxylic acids is 2. The summed E-state index contributed by atoms with van der Waals surface area (Å²) in [7, 11) is 1.23. The van der Waals surface area contributed by atoms with Crippen LogP contribution >= 0.6 is 0 Å². The van der Waals surface area contributed by atoms with Gasteiger partial charge in [-0.15, -0.1) is 0 Å². The first kappa shape index (κ1) is 20.1. The Morgan fingerprint density at radius 2 is 1.97 bits per heavy atom. The highest BCUT2D eigenvalue weighted by Gasteiger charge is 2.34. The summed E-state index contributed by atoms with van der Waals surface area (Å²) in [5, 5.41) is 2.54. The van der Waals surface area contributed by atoms with E-state index in [1.165, 1.54) is 23.9 Å². The van der Waals surface area contributed by atoms with Gasteiger partial charge in [0.2, 0.25) is 0 Å². The lowest BCUT2D eigenvalue weighted by Crippen LogP contribution is -2.46. The fraction of sp³-hybridized carbons (Fsp3) is 0.300. The van der Waals surface area contributed by atoms with E-state index in [9.17, 15) is 19.2 Å². The Kier molecular flexibility index (Phi) is 6.28. The third-order valence-corrected chi connectivity index (χ3v) is 4.67. The van der Waals surface area contributed by atoms with Crippen LogP contribution in [0.1, 0.15) is 18.0 Å². The number of aromatic nitrogens is 2. The molecule has 0 unspecified atom stereocenters. The molecule has 0 saturated carbocycles. The van der Waals surface area contributed by atoms with E-state index in [-0.39, 0.29) is 12.6 Å². The first-order chi connectivity index (χ1) is 14.0. The molecule has 0 fully saturated rings. The number of alkyl carbamates (subject to hydrolysis) is 1. The molecule has 29 heavy (non-hydrogen) atoms. The largest absolute Gasteiger partial charge is 0.467 e. The molecule has 2 N–H and O–H groups in total. The molecule has 1 aromatic heterocycles. The van der Waals surface area contributed by atoms with Crippen molar-refractivity contribution in [1.29, 1.82) is 0 Å². The number of hydrogen-bond acceptors (Lipinski definition) is 6. The fourth-order valence-electron chi connectivity index (χ4n) is 3.21. The summed E-state index contributed by atoms with van der Waals surface area (Å²) in [5.41, 5.74) is -0.215. The van der Waals surface area contributed by atoms with E-state index in [2.05, 4.69) is 10.3 Å². The topological polar surface area (TPSA) is 119 Å². The number of benzene rings is 1. The van der Waals surface area contributed by atoms with E-state index in [4.69, 9.17) is 9.47 Å². The van der Waals surface area contributed by atoms with Crippen LogP contribution < -0.4 is 16.6 Å². The number of esters is 1. The summed E-state index contributed by atoms with van der Waals surface area (Å²) in [6, 6.07) is 9.06. The molecule has 2 aromatic rings. The SMILES string of the molecule is COC(=O)[C@H](NC(=O)OCc1ccccc1)[C@@H]1C=C[C@H](n2ccc(=O)[nH]c2=O)C1. The number of allylic oxidation sites excluding steroid dienone is 1. The van der Waals surface area contributed by atoms with Crippen molar-refractivity contribution in [3.05, 3.63) is 81.1 Å². The van der Waals surface area contributed by atoms with Crippen LogP contribution in [0.2, 0.25) is 0 Å². The van der Waals surface area contributed by atoms with Crippen molar-refractivity contribution in [3.8, 4) is 0 Å². The second-order valence-corrected chi connectivity index (χ2v) is 6.58. The maximum atomic E-state index is 12.2. The van der Waals surface area contributed by atoms with Gasteiger partial charge >= 0.3 is 17.8 Å². The highest BCUT2D eigenvalue weighted by molar-refractivity contribution is 5.82. The zero-order chi connectivity index (χ0) is 20.8. The molecule has 1 aliphatic carbocycles. The van der Waals surface area contributed by atoms with E-state index < -0.39 is 35.3 Å². The average molecular weight is 399 g/mol. The fourth-order valence-corrected chi connectivity index (χ4v) is 3.21. The first-order valence-electron chi connectivity index (χ1n) is 9.03. The van der Waals surface area contributed by atoms with Crippen molar-refractivity contribution in [2.75, 3.05) is 7.11 Å². The summed E-state index contributed by atoms with van der Waals surface area (Å²) in [5.74, 6) is -1.03. The Hall–Kier alpha value is -3.62. The standard InChI is InChI=1S/C20H21N3O6/c1-28-18(25)17(22-20(27)29-12-13-5-3-2-4-6-13)14-7-8-15(11-14)23-10-9-16(24)21-19(23)26/h2-10,14-15,17H,11-12H2,1H3,(H,22,27)(H,21,24,26)/t14-,15+,17-/m1/s1. The predicted molar refractivity (Wildman–Crippen MR) is 103 cm³/mol. The summed E-state index contributed by atoms with van der Waals surface area (Å²) >= 11 is 0. The van der Waals surface area contributed by atoms with Crippen molar-refractivity contribution >= 4 is 12.1 Å². The molecule has 0 saturated heterocycles. The molecule has 0 spiro atoms. The van der Waals surface area contributed by atoms with Gasteiger partial charge in [-0.3, -0.25) is 14.3 Å². The van der Waals surface area contributed by atoms with Crippen molar-refractivity contribution in [1.82, 2.24) is 14.9 Å². The molecule has 152 valence electrons. The number of nitrogens with zero attached hydrogens (tertiary/aromatic N) is 1. The Morgan fingerprint density at radius 3 is 2.66 bits per heavy atom. The van der Waals surface area contributed by atoms with Gasteiger partial charge in [-0.2, -0.15) is 0 Å². The molecule has 0 radical (unpaired) electrons. The molecule has 0 aliphatic heterocycles. The van der Waals surface area contributed by atoms with Crippen molar-refractivity contribution in [2.45, 2.75) is 25.1 Å². The van der Waals surface area contributed by atoms with Gasteiger partial charge in [0.25, 0.3) is 5.56 Å². The lowest BCUT2D eigenvalue weighted by molar-refractivity contribution is -0.144. The number of carbonyl (C=O) groups is 2. The van der Waals surface area contributed by atoms with E-state index in [0.29, 0.717) is 6.42 Å². The van der Waals surface area contributed by atoms with Crippen molar-refractivity contribution in [3.63, 3.8) is 0 Å². The molecule has 1 heterocycles. The number of amides is 1. The third kappa shape index (κ3) is 5.01. The highest BCUT2D eigenvalue weighted by atomic mass is 16.6. The molecule has 1 aromatic carbocycles. The predicted octanol–water partition coefficient (Wildman–Crippen LogP) is 1.12. The molecule has 1 amide bonds. The highest BCUT2D eigenvalue weighted by Crippen LogP contribution is 2.29. The zero-order valence-electron chi connectivity index (χ0n) is 15.7. The molecular weight excluding hydrogens is 378 g/mol. The lowest BCUT2D eigenvalue weighted by atomic mass is 9.98. The zero-order valence-corrected chi connectivity index (χ0v) is 15.7. The summed E-state index contributed by atoms with van der Waals surface area (Å²) in [6.45, 7) is 0.0659. The summed E-state index contributed by atoms with van der Waals surface area (Å²) in [4.78, 5) is 49.8. The number of nitrogens with one attached hydrogen (secondary N) is 2. The molecule has 3 rings (SSSR count). The summed E-state index contributed by atoms with van der Waals surface area (Å²) < 4.78 is 11.4. The van der Waals surface area contributed by atoms with Crippen LogP contribution in [0.3, 0.4) is 0 Å². The Bertz CT molecular complexity index is 1010. The van der Waals surface area contributed by atoms with Gasteiger partial charge in [0.15, 0.2) is 0 Å². The number of H-pyrrole nitrogens is 1. The van der Waals surface area contributed by atoms with Gasteiger partial charge in [0.1, 0.15) is 12.6 Å². The van der Waals surface area contributed by atoms with Crippen LogP contribution in [0, 0.1) is 5.92 Å². The molecule has 9 heteroatoms. The average Bonchev–Trinajstić information content (AvgIpc) is 3.20. The van der Waals surface area contributed by atoms with Gasteiger partial charge in [0, 0.05) is 18.2 Å². The minimum Gasteiger partial charge on any atom is -0.467 e. The number of rotatable bonds is 6. The van der Waals surface area contributed by atoms with Crippen LogP contribution in [0.4, 0.5) is 4.79 Å². The van der Waals surface area contributed by atoms with Gasteiger partial charge in [-0.1, -0.05) is 42.5 Å². The van der Waals surface area contributed by atoms with Gasteiger partial charge in [-0.05, 0) is 12.0 Å². The van der Waals surface area contributed by atoms with Crippen molar-refractivity contribution in [2.24, 2.45) is 5.92 Å². The first-order valence-corrected chi connectivity index (χ1v) is 9.03. The molecule has 1 aliphatic rings. The maximum absolute atomic E-state index is 12.2. The lowest BCUT2D eigenvalue weighted by Gasteiger charge is -2.22. The second-order valence-electron chi connectivity index (χ2n) is 6.58. The third-order valence-electron chi connectivity index (χ3n) is 4.67. The van der Waals surface area contributed by atoms with Crippen molar-refractivity contribution < 1.29 is 19.1 Å². The van der Waals surface area contributed by atoms with E-state index in [1.807, 2.05) is 30.3 Å². The van der Waals surface area contributed by atoms with Crippen LogP contribution in [-0.4, -0.2) is 34.8 Å². The van der Waals surface area contributed by atoms with Crippen LogP contribution in [-0.2, 0) is 20.9 Å². The Balaban J connectivity index is 1.65. The van der Waals surface area contributed by atoms with Crippen LogP contribution in [0.5, 0.6) is 0 Å².